The van der Waals surface area contributed by atoms with Gasteiger partial charge < -0.3 is 0 Å². The molecule has 1 aromatic rings. The van der Waals surface area contributed by atoms with E-state index in [1.165, 1.54) is 18.2 Å². The molecule has 1 aliphatic rings. The normalized spacial score (nSPS) is 23.2. The van der Waals surface area contributed by atoms with Gasteiger partial charge in [0.2, 0.25) is 0 Å². The van der Waals surface area contributed by atoms with E-state index in [4.69, 9.17) is 23.2 Å². The first-order valence-corrected chi connectivity index (χ1v) is 6.75. The molecule has 0 radical (unpaired) electrons. The average molecular weight is 390 g/mol. The summed E-state index contributed by atoms with van der Waals surface area (Å²) < 4.78 is 39.0. The van der Waals surface area contributed by atoms with Crippen molar-refractivity contribution in [1.82, 2.24) is 0 Å². The third-order valence-electron chi connectivity index (χ3n) is 2.65. The van der Waals surface area contributed by atoms with Crippen molar-refractivity contribution < 1.29 is 18.0 Å². The summed E-state index contributed by atoms with van der Waals surface area (Å²) in [6.07, 6.45) is -4.79. The Balaban J connectivity index is 2.51. The summed E-state index contributed by atoms with van der Waals surface area (Å²) in [6, 6.07) is 4.22. The summed E-state index contributed by atoms with van der Waals surface area (Å²) in [5.74, 6) is -0.982. The van der Waals surface area contributed by atoms with E-state index < -0.39 is 22.7 Å². The number of hydrogen-bond donors (Lipinski definition) is 0. The molecule has 0 N–H and O–H groups in total. The fourth-order valence-electron chi connectivity index (χ4n) is 1.65. The number of amides is 1. The molecule has 0 aromatic heterocycles. The van der Waals surface area contributed by atoms with Crippen molar-refractivity contribution in [3.63, 3.8) is 0 Å². The first-order valence-electron chi connectivity index (χ1n) is 5.20. The number of rotatable bonds is 1. The number of anilines is 1. The lowest BCUT2D eigenvalue weighted by Crippen LogP contribution is -2.44. The Hall–Kier alpha value is -0.790. The molecule has 1 unspecified atom stereocenters. The van der Waals surface area contributed by atoms with Crippen LogP contribution in [0.3, 0.4) is 0 Å². The molecule has 1 atom stereocenters. The molecule has 0 bridgehead atoms. The van der Waals surface area contributed by atoms with Crippen molar-refractivity contribution in [2.45, 2.75) is 18.0 Å². The summed E-state index contributed by atoms with van der Waals surface area (Å²) in [5, 5.41) is 4.15. The van der Waals surface area contributed by atoms with Gasteiger partial charge in [0, 0.05) is 4.47 Å². The first-order chi connectivity index (χ1) is 9.05. The zero-order chi connectivity index (χ0) is 15.3. The molecule has 0 aliphatic carbocycles. The van der Waals surface area contributed by atoms with Gasteiger partial charge in [0.1, 0.15) is 0 Å². The highest BCUT2D eigenvalue weighted by molar-refractivity contribution is 9.10. The second-order valence-corrected chi connectivity index (χ2v) is 6.18. The third kappa shape index (κ3) is 2.54. The second-order valence-electron chi connectivity index (χ2n) is 4.16. The van der Waals surface area contributed by atoms with E-state index in [9.17, 15) is 18.0 Å². The summed E-state index contributed by atoms with van der Waals surface area (Å²) in [7, 11) is 0. The topological polar surface area (TPSA) is 32.7 Å². The van der Waals surface area contributed by atoms with Crippen molar-refractivity contribution in [1.29, 1.82) is 0 Å². The predicted molar refractivity (Wildman–Crippen MR) is 74.4 cm³/mol. The van der Waals surface area contributed by atoms with E-state index in [-0.39, 0.29) is 10.7 Å². The van der Waals surface area contributed by atoms with Crippen molar-refractivity contribution in [2.24, 2.45) is 5.10 Å². The van der Waals surface area contributed by atoms with E-state index in [0.29, 0.717) is 9.48 Å². The van der Waals surface area contributed by atoms with Gasteiger partial charge in [0.05, 0.1) is 10.7 Å². The van der Waals surface area contributed by atoms with Crippen molar-refractivity contribution in [2.75, 3.05) is 5.01 Å². The van der Waals surface area contributed by atoms with Crippen LogP contribution < -0.4 is 5.01 Å². The van der Waals surface area contributed by atoms with Gasteiger partial charge in [-0.25, -0.2) is 0 Å². The molecule has 2 rings (SSSR count). The Morgan fingerprint density at radius 2 is 2.00 bits per heavy atom. The summed E-state index contributed by atoms with van der Waals surface area (Å²) in [5.41, 5.74) is -1.25. The van der Waals surface area contributed by atoms with Gasteiger partial charge in [-0.1, -0.05) is 11.6 Å². The van der Waals surface area contributed by atoms with E-state index in [0.717, 1.165) is 6.92 Å². The SMILES string of the molecule is CC1(Cl)C(=O)N(c2ccc(Br)c(Cl)c2)N=C1C(F)(F)F. The van der Waals surface area contributed by atoms with E-state index in [1.54, 1.807) is 0 Å². The van der Waals surface area contributed by atoms with Gasteiger partial charge in [-0.2, -0.15) is 23.3 Å². The molecule has 0 saturated heterocycles. The maximum Gasteiger partial charge on any atom is 0.433 e. The number of carbonyl (C=O) groups excluding carboxylic acids is 1. The molecule has 0 spiro atoms. The van der Waals surface area contributed by atoms with Crippen LogP contribution in [-0.4, -0.2) is 22.7 Å². The largest absolute Gasteiger partial charge is 0.433 e. The van der Waals surface area contributed by atoms with Crippen LogP contribution in [-0.2, 0) is 4.79 Å². The van der Waals surface area contributed by atoms with Gasteiger partial charge in [-0.05, 0) is 41.1 Å². The van der Waals surface area contributed by atoms with Crippen LogP contribution in [0.2, 0.25) is 5.02 Å². The predicted octanol–water partition coefficient (Wildman–Crippen LogP) is 4.36. The highest BCUT2D eigenvalue weighted by atomic mass is 79.9. The van der Waals surface area contributed by atoms with E-state index in [1.807, 2.05) is 0 Å². The van der Waals surface area contributed by atoms with Gasteiger partial charge in [-0.3, -0.25) is 4.79 Å². The monoisotopic (exact) mass is 388 g/mol. The van der Waals surface area contributed by atoms with E-state index in [2.05, 4.69) is 21.0 Å². The summed E-state index contributed by atoms with van der Waals surface area (Å²) in [6.45, 7) is 0.962. The van der Waals surface area contributed by atoms with Crippen molar-refractivity contribution in [3.8, 4) is 0 Å². The Bertz CT molecular complexity index is 616. The van der Waals surface area contributed by atoms with Gasteiger partial charge >= 0.3 is 6.18 Å². The lowest BCUT2D eigenvalue weighted by molar-refractivity contribution is -0.119. The van der Waals surface area contributed by atoms with Crippen LogP contribution in [0.5, 0.6) is 0 Å². The number of benzene rings is 1. The summed E-state index contributed by atoms with van der Waals surface area (Å²) in [4.78, 5) is 9.75. The number of carbonyl (C=O) groups is 1. The fourth-order valence-corrected chi connectivity index (χ4v) is 2.30. The lowest BCUT2D eigenvalue weighted by Gasteiger charge is -2.18. The molecule has 3 nitrogen and oxygen atoms in total. The average Bonchev–Trinajstić information content (AvgIpc) is 2.55. The third-order valence-corrected chi connectivity index (χ3v) is 4.23. The standard InChI is InChI=1S/C11H6BrCl2F3N2O/c1-10(14)8(11(15,16)17)18-19(9(10)20)5-2-3-6(12)7(13)4-5/h2-4H,1H3. The van der Waals surface area contributed by atoms with Gasteiger partial charge in [-0.15, -0.1) is 11.6 Å². The van der Waals surface area contributed by atoms with Crippen LogP contribution in [0, 0.1) is 0 Å². The first kappa shape index (κ1) is 15.6. The Labute approximate surface area is 130 Å². The zero-order valence-corrected chi connectivity index (χ0v) is 12.9. The smallest absolute Gasteiger partial charge is 0.270 e. The highest BCUT2D eigenvalue weighted by Crippen LogP contribution is 2.39. The molecule has 0 fully saturated rings. The molecule has 9 heteroatoms. The number of hydrazone groups is 1. The van der Waals surface area contributed by atoms with Crippen LogP contribution in [0.25, 0.3) is 0 Å². The summed E-state index contributed by atoms with van der Waals surface area (Å²) >= 11 is 14.7. The van der Waals surface area contributed by atoms with E-state index >= 15 is 0 Å². The number of halogens is 6. The molecule has 1 amide bonds. The number of alkyl halides is 4. The van der Waals surface area contributed by atoms with Crippen LogP contribution in [0.4, 0.5) is 18.9 Å². The molecule has 20 heavy (non-hydrogen) atoms. The second kappa shape index (κ2) is 4.89. The molecule has 1 heterocycles. The minimum absolute atomic E-state index is 0.106. The van der Waals surface area contributed by atoms with Crippen molar-refractivity contribution >= 4 is 56.4 Å². The van der Waals surface area contributed by atoms with Gasteiger partial charge in [0.15, 0.2) is 10.6 Å². The number of hydrogen-bond acceptors (Lipinski definition) is 2. The van der Waals surface area contributed by atoms with Gasteiger partial charge in [0.25, 0.3) is 5.91 Å². The minimum Gasteiger partial charge on any atom is -0.270 e. The molecule has 1 aliphatic heterocycles. The molecule has 108 valence electrons. The minimum atomic E-state index is -4.79. The fraction of sp³-hybridized carbons (Fsp3) is 0.273. The molecule has 0 saturated carbocycles. The van der Waals surface area contributed by atoms with Crippen LogP contribution >= 0.6 is 39.1 Å². The lowest BCUT2D eigenvalue weighted by atomic mass is 10.0. The Morgan fingerprint density at radius 1 is 1.40 bits per heavy atom. The quantitative estimate of drug-likeness (QED) is 0.656. The zero-order valence-electron chi connectivity index (χ0n) is 9.80. The van der Waals surface area contributed by atoms with Crippen molar-refractivity contribution in [3.05, 3.63) is 27.7 Å². The Kier molecular flexibility index (Phi) is 3.81. The van der Waals surface area contributed by atoms with Crippen LogP contribution in [0.15, 0.2) is 27.8 Å². The number of nitrogens with zero attached hydrogens (tertiary/aromatic N) is 2. The Morgan fingerprint density at radius 3 is 2.45 bits per heavy atom. The molecule has 1 aromatic carbocycles. The molecular formula is C11H6BrCl2F3N2O. The highest BCUT2D eigenvalue weighted by Gasteiger charge is 2.57. The van der Waals surface area contributed by atoms with Crippen LogP contribution in [0.1, 0.15) is 6.92 Å². The molecular weight excluding hydrogens is 384 g/mol. The maximum absolute atomic E-state index is 12.8. The maximum atomic E-state index is 12.8.